The van der Waals surface area contributed by atoms with Gasteiger partial charge >= 0.3 is 0 Å². The van der Waals surface area contributed by atoms with Crippen LogP contribution in [0, 0.1) is 5.82 Å². The van der Waals surface area contributed by atoms with Crippen LogP contribution >= 0.6 is 24.0 Å². The van der Waals surface area contributed by atoms with Crippen LogP contribution in [0.25, 0.3) is 0 Å². The van der Waals surface area contributed by atoms with Crippen molar-refractivity contribution in [3.05, 3.63) is 34.6 Å². The SMILES string of the molecule is CC1(NC(=O)c2ccc(F)cc2Cl)CCNCC1.Cl. The van der Waals surface area contributed by atoms with Crippen LogP contribution in [0.3, 0.4) is 0 Å². The number of benzene rings is 1. The first kappa shape index (κ1) is 16.2. The number of hydrogen-bond acceptors (Lipinski definition) is 2. The predicted octanol–water partition coefficient (Wildman–Crippen LogP) is 2.77. The second kappa shape index (κ2) is 6.55. The fourth-order valence-corrected chi connectivity index (χ4v) is 2.37. The molecule has 1 aliphatic heterocycles. The first-order chi connectivity index (χ1) is 8.50. The highest BCUT2D eigenvalue weighted by atomic mass is 35.5. The van der Waals surface area contributed by atoms with Crippen molar-refractivity contribution in [3.63, 3.8) is 0 Å². The largest absolute Gasteiger partial charge is 0.347 e. The van der Waals surface area contributed by atoms with Crippen LogP contribution in [0.4, 0.5) is 4.39 Å². The third-order valence-corrected chi connectivity index (χ3v) is 3.61. The molecule has 0 spiro atoms. The summed E-state index contributed by atoms with van der Waals surface area (Å²) in [5.41, 5.74) is 0.0953. The average Bonchev–Trinajstić information content (AvgIpc) is 2.28. The number of halogens is 3. The van der Waals surface area contributed by atoms with Gasteiger partial charge in [-0.3, -0.25) is 4.79 Å². The zero-order valence-electron chi connectivity index (χ0n) is 10.6. The zero-order valence-corrected chi connectivity index (χ0v) is 12.2. The summed E-state index contributed by atoms with van der Waals surface area (Å²) in [6.07, 6.45) is 1.75. The van der Waals surface area contributed by atoms with Crippen LogP contribution in [0.1, 0.15) is 30.1 Å². The molecule has 1 aromatic carbocycles. The molecule has 1 amide bonds. The van der Waals surface area contributed by atoms with Crippen molar-refractivity contribution in [2.75, 3.05) is 13.1 Å². The van der Waals surface area contributed by atoms with Crippen LogP contribution in [-0.2, 0) is 0 Å². The van der Waals surface area contributed by atoms with Gasteiger partial charge in [-0.25, -0.2) is 4.39 Å². The van der Waals surface area contributed by atoms with Crippen molar-refractivity contribution in [3.8, 4) is 0 Å². The minimum absolute atomic E-state index is 0. The van der Waals surface area contributed by atoms with Crippen molar-refractivity contribution in [2.45, 2.75) is 25.3 Å². The molecule has 1 aliphatic rings. The molecule has 0 radical (unpaired) electrons. The van der Waals surface area contributed by atoms with E-state index < -0.39 is 5.82 Å². The maximum Gasteiger partial charge on any atom is 0.253 e. The molecule has 1 heterocycles. The van der Waals surface area contributed by atoms with E-state index in [2.05, 4.69) is 10.6 Å². The first-order valence-electron chi connectivity index (χ1n) is 5.98. The smallest absolute Gasteiger partial charge is 0.253 e. The molecular formula is C13H17Cl2FN2O. The van der Waals surface area contributed by atoms with Gasteiger partial charge in [-0.2, -0.15) is 0 Å². The molecule has 0 bridgehead atoms. The van der Waals surface area contributed by atoms with E-state index in [-0.39, 0.29) is 28.9 Å². The van der Waals surface area contributed by atoms with E-state index in [1.165, 1.54) is 12.1 Å². The Balaban J connectivity index is 0.00000180. The summed E-state index contributed by atoms with van der Waals surface area (Å²) in [4.78, 5) is 12.1. The number of piperidine rings is 1. The first-order valence-corrected chi connectivity index (χ1v) is 6.36. The predicted molar refractivity (Wildman–Crippen MR) is 76.6 cm³/mol. The Kier molecular flexibility index (Phi) is 5.59. The molecule has 1 fully saturated rings. The van der Waals surface area contributed by atoms with Crippen LogP contribution in [0.5, 0.6) is 0 Å². The average molecular weight is 307 g/mol. The lowest BCUT2D eigenvalue weighted by molar-refractivity contribution is 0.0887. The summed E-state index contributed by atoms with van der Waals surface area (Å²) in [6, 6.07) is 3.81. The van der Waals surface area contributed by atoms with Gasteiger partial charge < -0.3 is 10.6 Å². The summed E-state index contributed by atoms with van der Waals surface area (Å²) in [7, 11) is 0. The number of carbonyl (C=O) groups is 1. The number of nitrogens with one attached hydrogen (secondary N) is 2. The summed E-state index contributed by atoms with van der Waals surface area (Å²) >= 11 is 5.87. The van der Waals surface area contributed by atoms with Gasteiger partial charge in [0.2, 0.25) is 0 Å². The number of rotatable bonds is 2. The van der Waals surface area contributed by atoms with Gasteiger partial charge in [0.1, 0.15) is 5.82 Å². The minimum Gasteiger partial charge on any atom is -0.347 e. The molecule has 19 heavy (non-hydrogen) atoms. The van der Waals surface area contributed by atoms with Crippen LogP contribution in [0.15, 0.2) is 18.2 Å². The Bertz CT molecular complexity index is 462. The second-order valence-electron chi connectivity index (χ2n) is 4.89. The Morgan fingerprint density at radius 3 is 2.63 bits per heavy atom. The molecule has 6 heteroatoms. The van der Waals surface area contributed by atoms with E-state index in [4.69, 9.17) is 11.6 Å². The number of amides is 1. The van der Waals surface area contributed by atoms with Crippen molar-refractivity contribution < 1.29 is 9.18 Å². The highest BCUT2D eigenvalue weighted by molar-refractivity contribution is 6.33. The molecule has 2 rings (SSSR count). The normalized spacial score (nSPS) is 17.4. The molecular weight excluding hydrogens is 290 g/mol. The highest BCUT2D eigenvalue weighted by Gasteiger charge is 2.29. The van der Waals surface area contributed by atoms with E-state index in [0.29, 0.717) is 5.56 Å². The number of hydrogen-bond donors (Lipinski definition) is 2. The summed E-state index contributed by atoms with van der Waals surface area (Å²) in [6.45, 7) is 3.78. The lowest BCUT2D eigenvalue weighted by Gasteiger charge is -2.35. The lowest BCUT2D eigenvalue weighted by atomic mass is 9.90. The van der Waals surface area contributed by atoms with Crippen molar-refractivity contribution in [1.82, 2.24) is 10.6 Å². The zero-order chi connectivity index (χ0) is 13.2. The molecule has 1 saturated heterocycles. The summed E-state index contributed by atoms with van der Waals surface area (Å²) < 4.78 is 12.9. The third-order valence-electron chi connectivity index (χ3n) is 3.30. The Morgan fingerprint density at radius 1 is 1.42 bits per heavy atom. The van der Waals surface area contributed by atoms with Crippen LogP contribution in [-0.4, -0.2) is 24.5 Å². The Hall–Kier alpha value is -0.840. The van der Waals surface area contributed by atoms with Crippen LogP contribution in [0.2, 0.25) is 5.02 Å². The summed E-state index contributed by atoms with van der Waals surface area (Å²) in [5.74, 6) is -0.686. The molecule has 0 aliphatic carbocycles. The molecule has 0 aromatic heterocycles. The van der Waals surface area contributed by atoms with Crippen LogP contribution < -0.4 is 10.6 Å². The van der Waals surface area contributed by atoms with Gasteiger partial charge in [-0.05, 0) is 51.1 Å². The third kappa shape index (κ3) is 4.06. The van der Waals surface area contributed by atoms with Crippen molar-refractivity contribution in [2.24, 2.45) is 0 Å². The van der Waals surface area contributed by atoms with E-state index in [1.54, 1.807) is 0 Å². The standard InChI is InChI=1S/C13H16ClFN2O.ClH/c1-13(4-6-16-7-5-13)17-12(18)10-3-2-9(15)8-11(10)14;/h2-3,8,16H,4-7H2,1H3,(H,17,18);1H. The minimum atomic E-state index is -0.440. The maximum atomic E-state index is 12.9. The second-order valence-corrected chi connectivity index (χ2v) is 5.30. The molecule has 106 valence electrons. The van der Waals surface area contributed by atoms with Gasteiger partial charge in [0.25, 0.3) is 5.91 Å². The Labute approximate surface area is 123 Å². The maximum absolute atomic E-state index is 12.9. The Morgan fingerprint density at radius 2 is 2.05 bits per heavy atom. The molecule has 0 atom stereocenters. The monoisotopic (exact) mass is 306 g/mol. The van der Waals surface area contributed by atoms with Crippen molar-refractivity contribution >= 4 is 29.9 Å². The topological polar surface area (TPSA) is 41.1 Å². The van der Waals surface area contributed by atoms with E-state index >= 15 is 0 Å². The van der Waals surface area contributed by atoms with Gasteiger partial charge in [-0.15, -0.1) is 12.4 Å². The molecule has 0 saturated carbocycles. The highest BCUT2D eigenvalue weighted by Crippen LogP contribution is 2.21. The van der Waals surface area contributed by atoms with Gasteiger partial charge in [0.05, 0.1) is 10.6 Å². The van der Waals surface area contributed by atoms with Gasteiger partial charge in [0, 0.05) is 5.54 Å². The van der Waals surface area contributed by atoms with E-state index in [0.717, 1.165) is 32.0 Å². The number of carbonyl (C=O) groups excluding carboxylic acids is 1. The molecule has 2 N–H and O–H groups in total. The van der Waals surface area contributed by atoms with E-state index in [1.807, 2.05) is 6.92 Å². The quantitative estimate of drug-likeness (QED) is 0.882. The summed E-state index contributed by atoms with van der Waals surface area (Å²) in [5, 5.41) is 6.37. The molecule has 0 unspecified atom stereocenters. The van der Waals surface area contributed by atoms with Gasteiger partial charge in [-0.1, -0.05) is 11.6 Å². The van der Waals surface area contributed by atoms with Gasteiger partial charge in [0.15, 0.2) is 0 Å². The van der Waals surface area contributed by atoms with Crippen molar-refractivity contribution in [1.29, 1.82) is 0 Å². The van der Waals surface area contributed by atoms with E-state index in [9.17, 15) is 9.18 Å². The fourth-order valence-electron chi connectivity index (χ4n) is 2.12. The molecule has 3 nitrogen and oxygen atoms in total. The molecule has 1 aromatic rings. The fraction of sp³-hybridized carbons (Fsp3) is 0.462. The lowest BCUT2D eigenvalue weighted by Crippen LogP contribution is -2.52.